The first-order valence-corrected chi connectivity index (χ1v) is 12.5. The molecule has 0 bridgehead atoms. The molecule has 0 amide bonds. The van der Waals surface area contributed by atoms with E-state index in [1.54, 1.807) is 16.4 Å². The molecule has 3 aromatic rings. The van der Waals surface area contributed by atoms with Crippen molar-refractivity contribution in [1.82, 2.24) is 4.68 Å². The van der Waals surface area contributed by atoms with Crippen LogP contribution in [0, 0.1) is 5.92 Å². The number of aromatic nitrogens is 1. The van der Waals surface area contributed by atoms with Crippen LogP contribution in [-0.2, 0) is 9.53 Å². The first-order valence-electron chi connectivity index (χ1n) is 11.5. The maximum atomic E-state index is 11.1. The van der Waals surface area contributed by atoms with Crippen LogP contribution in [0.5, 0.6) is 5.75 Å². The van der Waals surface area contributed by atoms with Gasteiger partial charge < -0.3 is 15.3 Å². The Morgan fingerprint density at radius 1 is 1.15 bits per heavy atom. The number of ether oxygens (including phenoxy) is 2. The number of thioether (sulfide) groups is 1. The molecule has 1 aliphatic heterocycles. The molecule has 2 aliphatic rings. The second kappa shape index (κ2) is 9.51. The van der Waals surface area contributed by atoms with Gasteiger partial charge in [0, 0.05) is 18.1 Å². The number of fused-ring (bicyclic) bond motifs is 1. The molecule has 172 valence electrons. The van der Waals surface area contributed by atoms with E-state index in [2.05, 4.69) is 24.3 Å². The number of rotatable bonds is 7. The third kappa shape index (κ3) is 4.60. The lowest BCUT2D eigenvalue weighted by molar-refractivity contribution is -0.141. The average molecular weight is 464 g/mol. The number of aliphatic imine (C=N–C) groups is 1. The molecule has 1 saturated carbocycles. The van der Waals surface area contributed by atoms with Gasteiger partial charge in [-0.25, -0.2) is 0 Å². The quantitative estimate of drug-likeness (QED) is 0.404. The number of nitrogen functional groups attached to an aromatic ring is 1. The van der Waals surface area contributed by atoms with Crippen molar-refractivity contribution in [3.05, 3.63) is 65.9 Å². The van der Waals surface area contributed by atoms with E-state index in [-0.39, 0.29) is 12.0 Å². The van der Waals surface area contributed by atoms with E-state index in [1.165, 1.54) is 18.9 Å². The third-order valence-corrected chi connectivity index (χ3v) is 7.71. The molecule has 0 spiro atoms. The summed E-state index contributed by atoms with van der Waals surface area (Å²) in [6, 6.07) is 18.6. The van der Waals surface area contributed by atoms with Crippen LogP contribution in [0.3, 0.4) is 0 Å². The maximum Gasteiger partial charge on any atom is 0.302 e. The lowest BCUT2D eigenvalue weighted by Crippen LogP contribution is -2.19. The fraction of sp³-hybridized carbons (Fsp3) is 0.385. The highest BCUT2D eigenvalue weighted by Gasteiger charge is 2.32. The molecule has 1 aromatic heterocycles. The monoisotopic (exact) mass is 463 g/mol. The standard InChI is InChI=1S/C26H29N3O3S/c1-17(30)31-15-20-16-33-26(28-20)24-13-18-7-5-12-23(25(18)29(24)27)22-11-6-8-19(22)14-32-21-9-3-2-4-10-21/h2-5,7,9-10,12-13,19-20,22H,6,8,11,14-16,27H2,1H3. The van der Waals surface area contributed by atoms with Crippen molar-refractivity contribution in [1.29, 1.82) is 0 Å². The predicted molar refractivity (Wildman–Crippen MR) is 134 cm³/mol. The van der Waals surface area contributed by atoms with Crippen molar-refractivity contribution >= 4 is 33.7 Å². The van der Waals surface area contributed by atoms with E-state index in [0.717, 1.165) is 46.0 Å². The minimum atomic E-state index is -0.274. The molecule has 7 heteroatoms. The topological polar surface area (TPSA) is 78.8 Å². The zero-order valence-electron chi connectivity index (χ0n) is 18.8. The molecular weight excluding hydrogens is 434 g/mol. The smallest absolute Gasteiger partial charge is 0.302 e. The first kappa shape index (κ1) is 21.9. The third-order valence-electron chi connectivity index (χ3n) is 6.57. The number of para-hydroxylation sites is 2. The number of hydrogen-bond acceptors (Lipinski definition) is 6. The minimum Gasteiger partial charge on any atom is -0.493 e. The SMILES string of the molecule is CC(=O)OCC1CSC(c2cc3cccc(C4CCCC4COc4ccccc4)c3n2N)=N1. The lowest BCUT2D eigenvalue weighted by atomic mass is 9.88. The van der Waals surface area contributed by atoms with Crippen LogP contribution in [-0.4, -0.2) is 40.7 Å². The summed E-state index contributed by atoms with van der Waals surface area (Å²) >= 11 is 1.67. The largest absolute Gasteiger partial charge is 0.493 e. The van der Waals surface area contributed by atoms with Crippen molar-refractivity contribution in [2.45, 2.75) is 38.1 Å². The van der Waals surface area contributed by atoms with Gasteiger partial charge in [0.2, 0.25) is 0 Å². The van der Waals surface area contributed by atoms with E-state index >= 15 is 0 Å². The molecule has 3 atom stereocenters. The van der Waals surface area contributed by atoms with Crippen LogP contribution in [0.25, 0.3) is 10.9 Å². The molecule has 5 rings (SSSR count). The molecular formula is C26H29N3O3S. The minimum absolute atomic E-state index is 0.0271. The summed E-state index contributed by atoms with van der Waals surface area (Å²) in [5.74, 6) is 8.98. The van der Waals surface area contributed by atoms with Gasteiger partial charge in [-0.05, 0) is 48.4 Å². The Morgan fingerprint density at radius 3 is 2.82 bits per heavy atom. The highest BCUT2D eigenvalue weighted by atomic mass is 32.2. The normalized spacial score (nSPS) is 22.5. The molecule has 2 N–H and O–H groups in total. The zero-order chi connectivity index (χ0) is 22.8. The summed E-state index contributed by atoms with van der Waals surface area (Å²) < 4.78 is 13.1. The van der Waals surface area contributed by atoms with E-state index in [1.807, 2.05) is 30.3 Å². The van der Waals surface area contributed by atoms with Gasteiger partial charge in [-0.3, -0.25) is 14.5 Å². The fourth-order valence-electron chi connectivity index (χ4n) is 5.00. The van der Waals surface area contributed by atoms with Crippen molar-refractivity contribution in [3.63, 3.8) is 0 Å². The number of esters is 1. The summed E-state index contributed by atoms with van der Waals surface area (Å²) in [5, 5.41) is 2.04. The molecule has 3 unspecified atom stereocenters. The summed E-state index contributed by atoms with van der Waals surface area (Å²) in [4.78, 5) is 15.9. The van der Waals surface area contributed by atoms with Crippen LogP contribution in [0.15, 0.2) is 59.6 Å². The van der Waals surface area contributed by atoms with E-state index in [9.17, 15) is 4.79 Å². The Kier molecular flexibility index (Phi) is 6.31. The number of carbonyl (C=O) groups excluding carboxylic acids is 1. The highest BCUT2D eigenvalue weighted by molar-refractivity contribution is 8.14. The second-order valence-corrected chi connectivity index (χ2v) is 9.82. The van der Waals surface area contributed by atoms with Gasteiger partial charge in [0.1, 0.15) is 17.4 Å². The van der Waals surface area contributed by atoms with Crippen LogP contribution >= 0.6 is 11.8 Å². The van der Waals surface area contributed by atoms with Gasteiger partial charge in [0.25, 0.3) is 0 Å². The van der Waals surface area contributed by atoms with Gasteiger partial charge in [-0.2, -0.15) is 0 Å². The predicted octanol–water partition coefficient (Wildman–Crippen LogP) is 4.74. The molecule has 1 aliphatic carbocycles. The summed E-state index contributed by atoms with van der Waals surface area (Å²) in [6.45, 7) is 2.45. The van der Waals surface area contributed by atoms with E-state index in [0.29, 0.717) is 25.0 Å². The number of benzene rings is 2. The second-order valence-electron chi connectivity index (χ2n) is 8.81. The van der Waals surface area contributed by atoms with E-state index < -0.39 is 0 Å². The number of nitrogens with zero attached hydrogens (tertiary/aromatic N) is 2. The number of hydrogen-bond donors (Lipinski definition) is 1. The van der Waals surface area contributed by atoms with Gasteiger partial charge >= 0.3 is 5.97 Å². The summed E-state index contributed by atoms with van der Waals surface area (Å²) in [5.41, 5.74) is 3.29. The van der Waals surface area contributed by atoms with Crippen LogP contribution in [0.2, 0.25) is 0 Å². The lowest BCUT2D eigenvalue weighted by Gasteiger charge is -2.22. The fourth-order valence-corrected chi connectivity index (χ4v) is 6.05. The molecule has 1 fully saturated rings. The molecule has 0 radical (unpaired) electrons. The van der Waals surface area contributed by atoms with E-state index in [4.69, 9.17) is 20.3 Å². The Labute approximate surface area is 198 Å². The summed E-state index contributed by atoms with van der Waals surface area (Å²) in [6.07, 6.45) is 3.50. The zero-order valence-corrected chi connectivity index (χ0v) is 19.6. The van der Waals surface area contributed by atoms with Crippen molar-refractivity contribution < 1.29 is 14.3 Å². The number of carbonyl (C=O) groups is 1. The summed E-state index contributed by atoms with van der Waals surface area (Å²) in [7, 11) is 0. The van der Waals surface area contributed by atoms with Crippen LogP contribution < -0.4 is 10.6 Å². The molecule has 6 nitrogen and oxygen atoms in total. The van der Waals surface area contributed by atoms with Gasteiger partial charge in [0.15, 0.2) is 0 Å². The van der Waals surface area contributed by atoms with Crippen molar-refractivity contribution in [2.24, 2.45) is 10.9 Å². The van der Waals surface area contributed by atoms with Gasteiger partial charge in [0.05, 0.1) is 23.9 Å². The maximum absolute atomic E-state index is 11.1. The van der Waals surface area contributed by atoms with Gasteiger partial charge in [-0.15, -0.1) is 11.8 Å². The van der Waals surface area contributed by atoms with Crippen LogP contribution in [0.4, 0.5) is 0 Å². The molecule has 0 saturated heterocycles. The van der Waals surface area contributed by atoms with Crippen molar-refractivity contribution in [3.8, 4) is 5.75 Å². The van der Waals surface area contributed by atoms with Crippen molar-refractivity contribution in [2.75, 3.05) is 24.8 Å². The Bertz CT molecular complexity index is 1170. The first-order chi connectivity index (χ1) is 16.1. The molecule has 2 heterocycles. The number of nitrogens with two attached hydrogens (primary N) is 1. The van der Waals surface area contributed by atoms with Crippen LogP contribution in [0.1, 0.15) is 43.4 Å². The highest BCUT2D eigenvalue weighted by Crippen LogP contribution is 2.43. The molecule has 2 aromatic carbocycles. The molecule has 33 heavy (non-hydrogen) atoms. The Morgan fingerprint density at radius 2 is 2.00 bits per heavy atom. The average Bonchev–Trinajstić information content (AvgIpc) is 3.56. The van der Waals surface area contributed by atoms with Gasteiger partial charge in [-0.1, -0.05) is 42.8 Å². The Balaban J connectivity index is 1.40. The Hall–Kier alpha value is -2.93.